The maximum absolute atomic E-state index is 5.99. The Hall–Kier alpha value is -0.450. The molecule has 2 heterocycles. The second-order valence-electron chi connectivity index (χ2n) is 2.98. The first-order valence-electron chi connectivity index (χ1n) is 4.13. The van der Waals surface area contributed by atoms with E-state index in [4.69, 9.17) is 10.5 Å². The quantitative estimate of drug-likeness (QED) is 0.754. The van der Waals surface area contributed by atoms with Crippen LogP contribution >= 0.6 is 11.3 Å². The maximum atomic E-state index is 5.99. The van der Waals surface area contributed by atoms with E-state index in [0.29, 0.717) is 0 Å². The minimum Gasteiger partial charge on any atom is -0.376 e. The summed E-state index contributed by atoms with van der Waals surface area (Å²) in [5, 5.41) is 0. The molecule has 1 fully saturated rings. The normalized spacial score (nSPS) is 25.9. The van der Waals surface area contributed by atoms with E-state index in [-0.39, 0.29) is 12.1 Å². The van der Waals surface area contributed by atoms with Crippen molar-refractivity contribution in [2.75, 3.05) is 6.61 Å². The van der Waals surface area contributed by atoms with E-state index in [1.807, 2.05) is 11.7 Å². The smallest absolute Gasteiger partial charge is 0.0794 e. The van der Waals surface area contributed by atoms with Crippen molar-refractivity contribution < 1.29 is 4.74 Å². The molecule has 4 heteroatoms. The van der Waals surface area contributed by atoms with E-state index in [0.717, 1.165) is 24.3 Å². The molecule has 1 aliphatic rings. The van der Waals surface area contributed by atoms with Crippen molar-refractivity contribution in [1.82, 2.24) is 4.98 Å². The number of rotatable bonds is 2. The summed E-state index contributed by atoms with van der Waals surface area (Å²) in [6.45, 7) is 0.858. The predicted octanol–water partition coefficient (Wildman–Crippen LogP) is 1.32. The summed E-state index contributed by atoms with van der Waals surface area (Å²) in [7, 11) is 0. The molecule has 0 amide bonds. The molecule has 1 aromatic heterocycles. The lowest BCUT2D eigenvalue weighted by molar-refractivity contribution is 0.0909. The first-order valence-corrected chi connectivity index (χ1v) is 5.01. The van der Waals surface area contributed by atoms with Crippen molar-refractivity contribution >= 4 is 11.3 Å². The summed E-state index contributed by atoms with van der Waals surface area (Å²) in [5.41, 5.74) is 7.80. The van der Waals surface area contributed by atoms with Crippen molar-refractivity contribution in [2.45, 2.75) is 25.0 Å². The second kappa shape index (κ2) is 3.51. The number of thiazole rings is 1. The highest BCUT2D eigenvalue weighted by Crippen LogP contribution is 2.26. The molecule has 66 valence electrons. The van der Waals surface area contributed by atoms with Crippen LogP contribution in [0.2, 0.25) is 0 Å². The van der Waals surface area contributed by atoms with Crippen molar-refractivity contribution in [3.05, 3.63) is 16.6 Å². The van der Waals surface area contributed by atoms with E-state index in [2.05, 4.69) is 4.98 Å². The lowest BCUT2D eigenvalue weighted by Gasteiger charge is -2.15. The lowest BCUT2D eigenvalue weighted by atomic mass is 10.1. The van der Waals surface area contributed by atoms with Crippen molar-refractivity contribution in [3.8, 4) is 0 Å². The third-order valence-electron chi connectivity index (χ3n) is 2.15. The molecule has 1 aromatic rings. The molecule has 0 radical (unpaired) electrons. The van der Waals surface area contributed by atoms with Crippen molar-refractivity contribution in [2.24, 2.45) is 5.73 Å². The zero-order valence-corrected chi connectivity index (χ0v) is 7.59. The SMILES string of the molecule is NC(c1cncs1)C1CCCO1. The summed E-state index contributed by atoms with van der Waals surface area (Å²) in [4.78, 5) is 5.12. The number of hydrogen-bond donors (Lipinski definition) is 1. The molecular formula is C8H12N2OS. The Morgan fingerprint density at radius 3 is 3.25 bits per heavy atom. The van der Waals surface area contributed by atoms with Gasteiger partial charge in [0.2, 0.25) is 0 Å². The van der Waals surface area contributed by atoms with Crippen LogP contribution in [0.15, 0.2) is 11.7 Å². The van der Waals surface area contributed by atoms with E-state index in [1.54, 1.807) is 11.3 Å². The van der Waals surface area contributed by atoms with Gasteiger partial charge in [-0.1, -0.05) is 0 Å². The van der Waals surface area contributed by atoms with Gasteiger partial charge in [-0.05, 0) is 12.8 Å². The first-order chi connectivity index (χ1) is 5.88. The summed E-state index contributed by atoms with van der Waals surface area (Å²) in [5.74, 6) is 0. The van der Waals surface area contributed by atoms with Crippen LogP contribution in [-0.4, -0.2) is 17.7 Å². The summed E-state index contributed by atoms with van der Waals surface area (Å²) in [6, 6.07) is 0.0278. The topological polar surface area (TPSA) is 48.1 Å². The number of hydrogen-bond acceptors (Lipinski definition) is 4. The van der Waals surface area contributed by atoms with E-state index >= 15 is 0 Å². The van der Waals surface area contributed by atoms with E-state index < -0.39 is 0 Å². The number of nitrogens with zero attached hydrogens (tertiary/aromatic N) is 1. The molecule has 0 spiro atoms. The molecule has 0 aliphatic carbocycles. The van der Waals surface area contributed by atoms with Gasteiger partial charge in [0, 0.05) is 17.7 Å². The molecule has 2 rings (SSSR count). The minimum absolute atomic E-state index is 0.0278. The predicted molar refractivity (Wildman–Crippen MR) is 48.0 cm³/mol. The monoisotopic (exact) mass is 184 g/mol. The molecular weight excluding hydrogens is 172 g/mol. The molecule has 2 atom stereocenters. The summed E-state index contributed by atoms with van der Waals surface area (Å²) < 4.78 is 5.49. The van der Waals surface area contributed by atoms with Crippen LogP contribution in [0.4, 0.5) is 0 Å². The highest BCUT2D eigenvalue weighted by atomic mass is 32.1. The van der Waals surface area contributed by atoms with Crippen LogP contribution in [0, 0.1) is 0 Å². The third kappa shape index (κ3) is 1.50. The molecule has 1 saturated heterocycles. The highest BCUT2D eigenvalue weighted by Gasteiger charge is 2.24. The Morgan fingerprint density at radius 1 is 1.75 bits per heavy atom. The van der Waals surface area contributed by atoms with Crippen LogP contribution in [0.1, 0.15) is 23.8 Å². The van der Waals surface area contributed by atoms with Gasteiger partial charge in [0.15, 0.2) is 0 Å². The van der Waals surface area contributed by atoms with Gasteiger partial charge in [-0.3, -0.25) is 4.98 Å². The van der Waals surface area contributed by atoms with Crippen LogP contribution in [0.3, 0.4) is 0 Å². The lowest BCUT2D eigenvalue weighted by Crippen LogP contribution is -2.24. The summed E-state index contributed by atoms with van der Waals surface area (Å²) >= 11 is 1.60. The fourth-order valence-corrected chi connectivity index (χ4v) is 2.13. The molecule has 2 N–H and O–H groups in total. The highest BCUT2D eigenvalue weighted by molar-refractivity contribution is 7.09. The van der Waals surface area contributed by atoms with Gasteiger partial charge in [0.1, 0.15) is 0 Å². The number of aromatic nitrogens is 1. The second-order valence-corrected chi connectivity index (χ2v) is 3.90. The van der Waals surface area contributed by atoms with Gasteiger partial charge in [0.25, 0.3) is 0 Å². The van der Waals surface area contributed by atoms with Gasteiger partial charge in [-0.15, -0.1) is 11.3 Å². The van der Waals surface area contributed by atoms with Crippen molar-refractivity contribution in [3.63, 3.8) is 0 Å². The Bertz CT molecular complexity index is 231. The average Bonchev–Trinajstić information content (AvgIpc) is 2.77. The fourth-order valence-electron chi connectivity index (χ4n) is 1.46. The Balaban J connectivity index is 2.04. The first kappa shape index (κ1) is 8.16. The zero-order chi connectivity index (χ0) is 8.39. The van der Waals surface area contributed by atoms with E-state index in [1.165, 1.54) is 0 Å². The Morgan fingerprint density at radius 2 is 2.67 bits per heavy atom. The minimum atomic E-state index is 0.0278. The third-order valence-corrected chi connectivity index (χ3v) is 3.02. The van der Waals surface area contributed by atoms with Gasteiger partial charge in [-0.2, -0.15) is 0 Å². The number of ether oxygens (including phenoxy) is 1. The molecule has 0 saturated carbocycles. The van der Waals surface area contributed by atoms with Gasteiger partial charge >= 0.3 is 0 Å². The summed E-state index contributed by atoms with van der Waals surface area (Å²) in [6.07, 6.45) is 4.26. The van der Waals surface area contributed by atoms with Gasteiger partial charge in [-0.25, -0.2) is 0 Å². The Kier molecular flexibility index (Phi) is 2.39. The molecule has 12 heavy (non-hydrogen) atoms. The maximum Gasteiger partial charge on any atom is 0.0794 e. The van der Waals surface area contributed by atoms with Gasteiger partial charge < -0.3 is 10.5 Å². The fraction of sp³-hybridized carbons (Fsp3) is 0.625. The van der Waals surface area contributed by atoms with Gasteiger partial charge in [0.05, 0.1) is 17.7 Å². The van der Waals surface area contributed by atoms with Crippen LogP contribution < -0.4 is 5.73 Å². The van der Waals surface area contributed by atoms with Crippen LogP contribution in [-0.2, 0) is 4.74 Å². The molecule has 3 nitrogen and oxygen atoms in total. The Labute approximate surface area is 75.6 Å². The molecule has 1 aliphatic heterocycles. The number of nitrogens with two attached hydrogens (primary N) is 1. The largest absolute Gasteiger partial charge is 0.376 e. The molecule has 0 aromatic carbocycles. The molecule has 2 unspecified atom stereocenters. The standard InChI is InChI=1S/C8H12N2OS/c9-8(6-2-1-3-11-6)7-4-10-5-12-7/h4-6,8H,1-3,9H2. The zero-order valence-electron chi connectivity index (χ0n) is 6.77. The van der Waals surface area contributed by atoms with Crippen LogP contribution in [0.5, 0.6) is 0 Å². The van der Waals surface area contributed by atoms with E-state index in [9.17, 15) is 0 Å². The van der Waals surface area contributed by atoms with Crippen molar-refractivity contribution in [1.29, 1.82) is 0 Å². The average molecular weight is 184 g/mol. The van der Waals surface area contributed by atoms with Crippen LogP contribution in [0.25, 0.3) is 0 Å². The molecule has 0 bridgehead atoms.